The van der Waals surface area contributed by atoms with Gasteiger partial charge in [-0.25, -0.2) is 4.98 Å². The highest BCUT2D eigenvalue weighted by Crippen LogP contribution is 2.33. The maximum atomic E-state index is 13.2. The van der Waals surface area contributed by atoms with Crippen LogP contribution in [0.25, 0.3) is 21.3 Å². The van der Waals surface area contributed by atoms with Crippen molar-refractivity contribution in [2.75, 3.05) is 5.32 Å². The minimum atomic E-state index is -0.105. The minimum Gasteiger partial charge on any atom is -0.322 e. The lowest BCUT2D eigenvalue weighted by atomic mass is 9.76. The van der Waals surface area contributed by atoms with Crippen molar-refractivity contribution in [1.29, 1.82) is 0 Å². The number of carbonyl (C=O) groups excluding carboxylic acids is 1. The van der Waals surface area contributed by atoms with Gasteiger partial charge in [-0.05, 0) is 79.6 Å². The summed E-state index contributed by atoms with van der Waals surface area (Å²) in [7, 11) is 0. The highest BCUT2D eigenvalue weighted by atomic mass is 32.1. The molecule has 3 aromatic carbocycles. The first kappa shape index (κ1) is 23.7. The topological polar surface area (TPSA) is 54.0 Å². The standard InChI is InChI=1S/C30H33N3OS/c1-30(2,24-11-7-4-8-12-24)32-19-23-17-22(13-15-26(23)21-9-5-3-6-10-21)29(34)33-25-14-16-28-27(18-25)31-20-35-28/h3,5-6,9-10,13-18,20,24,32H,4,7-8,11-12,19H2,1-2H3,(H,33,34). The molecule has 35 heavy (non-hydrogen) atoms. The number of rotatable bonds is 7. The van der Waals surface area contributed by atoms with Gasteiger partial charge in [0.1, 0.15) is 0 Å². The van der Waals surface area contributed by atoms with E-state index in [1.807, 2.05) is 41.9 Å². The lowest BCUT2D eigenvalue weighted by Crippen LogP contribution is -2.46. The molecule has 5 rings (SSSR count). The molecule has 0 aliphatic heterocycles. The normalized spacial score (nSPS) is 14.8. The van der Waals surface area contributed by atoms with E-state index in [1.165, 1.54) is 37.7 Å². The van der Waals surface area contributed by atoms with Crippen molar-refractivity contribution in [3.63, 3.8) is 0 Å². The zero-order chi connectivity index (χ0) is 24.3. The molecule has 1 amide bonds. The SMILES string of the molecule is CC(C)(NCc1cc(C(=O)Nc2ccc3scnc3c2)ccc1-c1ccccc1)C1CCCCC1. The van der Waals surface area contributed by atoms with Crippen LogP contribution in [0.3, 0.4) is 0 Å². The smallest absolute Gasteiger partial charge is 0.255 e. The van der Waals surface area contributed by atoms with E-state index in [4.69, 9.17) is 0 Å². The van der Waals surface area contributed by atoms with Gasteiger partial charge in [0.05, 0.1) is 15.7 Å². The Bertz CT molecular complexity index is 1310. The van der Waals surface area contributed by atoms with Crippen molar-refractivity contribution < 1.29 is 4.79 Å². The van der Waals surface area contributed by atoms with E-state index in [9.17, 15) is 4.79 Å². The third kappa shape index (κ3) is 5.47. The maximum Gasteiger partial charge on any atom is 0.255 e. The van der Waals surface area contributed by atoms with Crippen LogP contribution in [0.1, 0.15) is 61.9 Å². The largest absolute Gasteiger partial charge is 0.322 e. The van der Waals surface area contributed by atoms with E-state index in [1.54, 1.807) is 11.3 Å². The molecule has 0 spiro atoms. The van der Waals surface area contributed by atoms with Crippen molar-refractivity contribution in [2.24, 2.45) is 5.92 Å². The molecule has 1 saturated carbocycles. The number of aromatic nitrogens is 1. The Morgan fingerprint density at radius 3 is 2.60 bits per heavy atom. The molecule has 0 radical (unpaired) electrons. The molecule has 4 aromatic rings. The number of carbonyl (C=O) groups is 1. The first-order chi connectivity index (χ1) is 17.0. The van der Waals surface area contributed by atoms with Crippen molar-refractivity contribution in [1.82, 2.24) is 10.3 Å². The van der Waals surface area contributed by atoms with Crippen LogP contribution in [0.15, 0.2) is 72.2 Å². The first-order valence-corrected chi connectivity index (χ1v) is 13.5. The number of thiazole rings is 1. The third-order valence-electron chi connectivity index (χ3n) is 7.40. The van der Waals surface area contributed by atoms with Gasteiger partial charge >= 0.3 is 0 Å². The fourth-order valence-corrected chi connectivity index (χ4v) is 5.87. The van der Waals surface area contributed by atoms with Crippen LogP contribution in [0.2, 0.25) is 0 Å². The predicted octanol–water partition coefficient (Wildman–Crippen LogP) is 7.66. The summed E-state index contributed by atoms with van der Waals surface area (Å²) in [6, 6.07) is 22.3. The molecule has 0 saturated heterocycles. The van der Waals surface area contributed by atoms with Gasteiger partial charge in [-0.3, -0.25) is 4.79 Å². The van der Waals surface area contributed by atoms with Gasteiger partial charge < -0.3 is 10.6 Å². The highest BCUT2D eigenvalue weighted by Gasteiger charge is 2.30. The number of benzene rings is 3. The maximum absolute atomic E-state index is 13.2. The summed E-state index contributed by atoms with van der Waals surface area (Å²) in [4.78, 5) is 17.6. The van der Waals surface area contributed by atoms with Gasteiger partial charge in [0.25, 0.3) is 5.91 Å². The van der Waals surface area contributed by atoms with Crippen LogP contribution in [-0.4, -0.2) is 16.4 Å². The molecule has 1 aromatic heterocycles. The van der Waals surface area contributed by atoms with Crippen molar-refractivity contribution in [3.8, 4) is 11.1 Å². The zero-order valence-electron chi connectivity index (χ0n) is 20.5. The fourth-order valence-electron chi connectivity index (χ4n) is 5.21. The summed E-state index contributed by atoms with van der Waals surface area (Å²) >= 11 is 1.60. The Labute approximate surface area is 211 Å². The van der Waals surface area contributed by atoms with Crippen LogP contribution in [0.5, 0.6) is 0 Å². The Balaban J connectivity index is 1.39. The summed E-state index contributed by atoms with van der Waals surface area (Å²) in [5.41, 5.74) is 7.68. The second-order valence-electron chi connectivity index (χ2n) is 10.1. The minimum absolute atomic E-state index is 0.0512. The average molecular weight is 484 g/mol. The second kappa shape index (κ2) is 10.3. The Kier molecular flexibility index (Phi) is 6.98. The molecule has 4 nitrogen and oxygen atoms in total. The lowest BCUT2D eigenvalue weighted by Gasteiger charge is -2.38. The van der Waals surface area contributed by atoms with Gasteiger partial charge in [-0.15, -0.1) is 11.3 Å². The number of hydrogen-bond acceptors (Lipinski definition) is 4. The van der Waals surface area contributed by atoms with Crippen molar-refractivity contribution in [3.05, 3.63) is 83.4 Å². The quantitative estimate of drug-likeness (QED) is 0.284. The van der Waals surface area contributed by atoms with E-state index in [-0.39, 0.29) is 11.4 Å². The molecular weight excluding hydrogens is 450 g/mol. The monoisotopic (exact) mass is 483 g/mol. The molecule has 1 fully saturated rings. The van der Waals surface area contributed by atoms with Crippen LogP contribution >= 0.6 is 11.3 Å². The molecule has 1 aliphatic rings. The predicted molar refractivity (Wildman–Crippen MR) is 147 cm³/mol. The average Bonchev–Trinajstić information content (AvgIpc) is 3.36. The van der Waals surface area contributed by atoms with E-state index >= 15 is 0 Å². The van der Waals surface area contributed by atoms with Gasteiger partial charge in [0.2, 0.25) is 0 Å². The molecule has 0 bridgehead atoms. The summed E-state index contributed by atoms with van der Waals surface area (Å²) < 4.78 is 1.11. The molecule has 5 heteroatoms. The summed E-state index contributed by atoms with van der Waals surface area (Å²) in [6.07, 6.45) is 6.59. The number of anilines is 1. The van der Waals surface area contributed by atoms with E-state index in [2.05, 4.69) is 59.8 Å². The molecule has 2 N–H and O–H groups in total. The molecular formula is C30H33N3OS. The number of hydrogen-bond donors (Lipinski definition) is 2. The Hall–Kier alpha value is -3.02. The molecule has 180 valence electrons. The van der Waals surface area contributed by atoms with Gasteiger partial charge in [-0.1, -0.05) is 55.7 Å². The molecule has 0 unspecified atom stereocenters. The third-order valence-corrected chi connectivity index (χ3v) is 8.21. The summed E-state index contributed by atoms with van der Waals surface area (Å²) in [5.74, 6) is 0.579. The van der Waals surface area contributed by atoms with Gasteiger partial charge in [-0.2, -0.15) is 0 Å². The molecule has 0 atom stereocenters. The van der Waals surface area contributed by atoms with Crippen LogP contribution < -0.4 is 10.6 Å². The molecule has 1 heterocycles. The number of amides is 1. The Morgan fingerprint density at radius 2 is 1.80 bits per heavy atom. The van der Waals surface area contributed by atoms with Crippen LogP contribution in [0, 0.1) is 5.92 Å². The van der Waals surface area contributed by atoms with E-state index in [0.29, 0.717) is 11.5 Å². The molecule has 1 aliphatic carbocycles. The van der Waals surface area contributed by atoms with E-state index in [0.717, 1.165) is 33.6 Å². The Morgan fingerprint density at radius 1 is 1.00 bits per heavy atom. The zero-order valence-corrected chi connectivity index (χ0v) is 21.3. The summed E-state index contributed by atoms with van der Waals surface area (Å²) in [6.45, 7) is 5.38. The van der Waals surface area contributed by atoms with Gasteiger partial charge in [0, 0.05) is 23.3 Å². The summed E-state index contributed by atoms with van der Waals surface area (Å²) in [5, 5.41) is 6.91. The van der Waals surface area contributed by atoms with Crippen LogP contribution in [0.4, 0.5) is 5.69 Å². The van der Waals surface area contributed by atoms with Crippen LogP contribution in [-0.2, 0) is 6.54 Å². The first-order valence-electron chi connectivity index (χ1n) is 12.6. The number of fused-ring (bicyclic) bond motifs is 1. The fraction of sp³-hybridized carbons (Fsp3) is 0.333. The lowest BCUT2D eigenvalue weighted by molar-refractivity contribution is 0.102. The van der Waals surface area contributed by atoms with Gasteiger partial charge in [0.15, 0.2) is 0 Å². The van der Waals surface area contributed by atoms with Crippen molar-refractivity contribution in [2.45, 2.75) is 58.0 Å². The highest BCUT2D eigenvalue weighted by molar-refractivity contribution is 7.16. The second-order valence-corrected chi connectivity index (χ2v) is 11.0. The van der Waals surface area contributed by atoms with E-state index < -0.39 is 0 Å². The number of nitrogens with zero attached hydrogens (tertiary/aromatic N) is 1. The number of nitrogens with one attached hydrogen (secondary N) is 2. The van der Waals surface area contributed by atoms with Crippen molar-refractivity contribution >= 4 is 33.1 Å².